The third-order valence-corrected chi connectivity index (χ3v) is 2.18. The van der Waals surface area contributed by atoms with E-state index in [1.807, 2.05) is 18.2 Å². The molecule has 0 aliphatic heterocycles. The highest BCUT2D eigenvalue weighted by atomic mass is 14.9. The number of hydrogen-bond donors (Lipinski definition) is 1. The van der Waals surface area contributed by atoms with Gasteiger partial charge >= 0.3 is 0 Å². The van der Waals surface area contributed by atoms with E-state index in [-0.39, 0.29) is 0 Å². The summed E-state index contributed by atoms with van der Waals surface area (Å²) in [6.07, 6.45) is 1.19. The van der Waals surface area contributed by atoms with Crippen LogP contribution >= 0.6 is 0 Å². The molecule has 0 heterocycles. The predicted molar refractivity (Wildman–Crippen MR) is 62.9 cm³/mol. The highest BCUT2D eigenvalue weighted by molar-refractivity contribution is 5.61. The lowest BCUT2D eigenvalue weighted by Crippen LogP contribution is -2.14. The van der Waals surface area contributed by atoms with Crippen LogP contribution in [0.5, 0.6) is 0 Å². The van der Waals surface area contributed by atoms with Gasteiger partial charge in [-0.1, -0.05) is 50.8 Å². The molecule has 0 amide bonds. The maximum Gasteiger partial charge on any atom is 0.0340 e. The van der Waals surface area contributed by atoms with E-state index in [2.05, 4.69) is 37.9 Å². The second kappa shape index (κ2) is 5.48. The molecule has 0 unspecified atom stereocenters. The van der Waals surface area contributed by atoms with Crippen LogP contribution in [-0.2, 0) is 0 Å². The van der Waals surface area contributed by atoms with Crippen LogP contribution in [0, 0.1) is 5.92 Å². The fraction of sp³-hybridized carbons (Fsp3) is 0.385. The van der Waals surface area contributed by atoms with Gasteiger partial charge in [0.25, 0.3) is 0 Å². The molecule has 1 N–H and O–H groups in total. The summed E-state index contributed by atoms with van der Waals surface area (Å²) >= 11 is 0. The van der Waals surface area contributed by atoms with Crippen molar-refractivity contribution in [1.29, 1.82) is 0 Å². The topological polar surface area (TPSA) is 12.0 Å². The number of benzene rings is 1. The Kier molecular flexibility index (Phi) is 4.24. The van der Waals surface area contributed by atoms with E-state index in [1.165, 1.54) is 12.0 Å². The lowest BCUT2D eigenvalue weighted by molar-refractivity contribution is 0.574. The molecule has 0 atom stereocenters. The second-order valence-corrected chi connectivity index (χ2v) is 3.95. The average Bonchev–Trinajstić information content (AvgIpc) is 2.18. The maximum absolute atomic E-state index is 4.01. The van der Waals surface area contributed by atoms with E-state index in [1.54, 1.807) is 0 Å². The van der Waals surface area contributed by atoms with Crippen molar-refractivity contribution in [2.75, 3.05) is 6.54 Å². The van der Waals surface area contributed by atoms with Gasteiger partial charge < -0.3 is 5.32 Å². The van der Waals surface area contributed by atoms with E-state index in [0.29, 0.717) is 0 Å². The van der Waals surface area contributed by atoms with Crippen molar-refractivity contribution in [2.24, 2.45) is 5.92 Å². The lowest BCUT2D eigenvalue weighted by Gasteiger charge is -2.10. The summed E-state index contributed by atoms with van der Waals surface area (Å²) in [7, 11) is 0. The minimum Gasteiger partial charge on any atom is -0.385 e. The fourth-order valence-electron chi connectivity index (χ4n) is 1.25. The first kappa shape index (κ1) is 10.8. The molecule has 1 aromatic rings. The Morgan fingerprint density at radius 3 is 2.50 bits per heavy atom. The summed E-state index contributed by atoms with van der Waals surface area (Å²) in [5.74, 6) is 0.742. The maximum atomic E-state index is 4.01. The van der Waals surface area contributed by atoms with Crippen LogP contribution in [0.2, 0.25) is 0 Å². The van der Waals surface area contributed by atoms with Crippen molar-refractivity contribution in [3.05, 3.63) is 42.5 Å². The first-order valence-electron chi connectivity index (χ1n) is 5.18. The first-order chi connectivity index (χ1) is 6.70. The van der Waals surface area contributed by atoms with Crippen LogP contribution in [0.1, 0.15) is 25.8 Å². The molecule has 0 saturated heterocycles. The van der Waals surface area contributed by atoms with Gasteiger partial charge in [0.15, 0.2) is 0 Å². The van der Waals surface area contributed by atoms with Gasteiger partial charge in [0.2, 0.25) is 0 Å². The van der Waals surface area contributed by atoms with Gasteiger partial charge in [-0.05, 0) is 17.9 Å². The number of rotatable bonds is 5. The molecule has 1 rings (SSSR count). The summed E-state index contributed by atoms with van der Waals surface area (Å²) < 4.78 is 0. The van der Waals surface area contributed by atoms with Gasteiger partial charge in [0, 0.05) is 12.2 Å². The van der Waals surface area contributed by atoms with Crippen LogP contribution < -0.4 is 5.32 Å². The third kappa shape index (κ3) is 3.65. The largest absolute Gasteiger partial charge is 0.385 e. The molecule has 0 aliphatic carbocycles. The molecule has 76 valence electrons. The highest BCUT2D eigenvalue weighted by Crippen LogP contribution is 2.08. The van der Waals surface area contributed by atoms with Crippen LogP contribution in [0.4, 0.5) is 0 Å². The van der Waals surface area contributed by atoms with Crippen molar-refractivity contribution in [3.63, 3.8) is 0 Å². The molecule has 0 radical (unpaired) electrons. The summed E-state index contributed by atoms with van der Waals surface area (Å²) in [6, 6.07) is 10.2. The molecular formula is C13H19N. The monoisotopic (exact) mass is 189 g/mol. The van der Waals surface area contributed by atoms with E-state index < -0.39 is 0 Å². The number of hydrogen-bond acceptors (Lipinski definition) is 1. The fourth-order valence-corrected chi connectivity index (χ4v) is 1.25. The van der Waals surface area contributed by atoms with Crippen LogP contribution in [0.3, 0.4) is 0 Å². The molecule has 0 saturated carbocycles. The van der Waals surface area contributed by atoms with Gasteiger partial charge in [0.1, 0.15) is 0 Å². The molecule has 1 heteroatoms. The van der Waals surface area contributed by atoms with Gasteiger partial charge in [-0.25, -0.2) is 0 Å². The highest BCUT2D eigenvalue weighted by Gasteiger charge is 1.97. The van der Waals surface area contributed by atoms with Gasteiger partial charge in [-0.3, -0.25) is 0 Å². The van der Waals surface area contributed by atoms with Gasteiger partial charge in [0.05, 0.1) is 0 Å². The van der Waals surface area contributed by atoms with E-state index in [0.717, 1.165) is 18.2 Å². The molecule has 14 heavy (non-hydrogen) atoms. The van der Waals surface area contributed by atoms with Crippen LogP contribution in [-0.4, -0.2) is 6.54 Å². The van der Waals surface area contributed by atoms with E-state index in [4.69, 9.17) is 0 Å². The molecule has 0 fully saturated rings. The normalized spacial score (nSPS) is 10.2. The Bertz CT molecular complexity index is 275. The van der Waals surface area contributed by atoms with Crippen molar-refractivity contribution in [1.82, 2.24) is 5.32 Å². The summed E-state index contributed by atoms with van der Waals surface area (Å²) in [5, 5.41) is 3.34. The average molecular weight is 189 g/mol. The molecule has 0 aromatic heterocycles. The third-order valence-electron chi connectivity index (χ3n) is 2.18. The Hall–Kier alpha value is -1.24. The Morgan fingerprint density at radius 1 is 1.29 bits per heavy atom. The molecule has 0 bridgehead atoms. The SMILES string of the molecule is C=C(NCCC(C)C)c1ccccc1. The standard InChI is InChI=1S/C13H19N/c1-11(2)9-10-14-12(3)13-7-5-4-6-8-13/h4-8,11,14H,3,9-10H2,1-2H3. The zero-order valence-electron chi connectivity index (χ0n) is 9.09. The zero-order chi connectivity index (χ0) is 10.4. The first-order valence-corrected chi connectivity index (χ1v) is 5.18. The van der Waals surface area contributed by atoms with E-state index in [9.17, 15) is 0 Å². The van der Waals surface area contributed by atoms with Crippen molar-refractivity contribution in [2.45, 2.75) is 20.3 Å². The lowest BCUT2D eigenvalue weighted by atomic mass is 10.1. The quantitative estimate of drug-likeness (QED) is 0.749. The second-order valence-electron chi connectivity index (χ2n) is 3.95. The summed E-state index contributed by atoms with van der Waals surface area (Å²) in [6.45, 7) is 9.47. The Morgan fingerprint density at radius 2 is 1.93 bits per heavy atom. The Balaban J connectivity index is 2.36. The molecular weight excluding hydrogens is 170 g/mol. The Labute approximate surface area is 86.8 Å². The molecule has 1 aromatic carbocycles. The zero-order valence-corrected chi connectivity index (χ0v) is 9.09. The molecule has 0 spiro atoms. The smallest absolute Gasteiger partial charge is 0.0340 e. The predicted octanol–water partition coefficient (Wildman–Crippen LogP) is 3.29. The van der Waals surface area contributed by atoms with Crippen molar-refractivity contribution in [3.8, 4) is 0 Å². The minimum absolute atomic E-state index is 0.742. The van der Waals surface area contributed by atoms with Crippen molar-refractivity contribution < 1.29 is 0 Å². The van der Waals surface area contributed by atoms with Gasteiger partial charge in [-0.15, -0.1) is 0 Å². The number of nitrogens with one attached hydrogen (secondary N) is 1. The summed E-state index contributed by atoms with van der Waals surface area (Å²) in [5.41, 5.74) is 2.20. The summed E-state index contributed by atoms with van der Waals surface area (Å²) in [4.78, 5) is 0. The van der Waals surface area contributed by atoms with Crippen LogP contribution in [0.15, 0.2) is 36.9 Å². The van der Waals surface area contributed by atoms with Crippen LogP contribution in [0.25, 0.3) is 5.70 Å². The molecule has 1 nitrogen and oxygen atoms in total. The van der Waals surface area contributed by atoms with Gasteiger partial charge in [-0.2, -0.15) is 0 Å². The molecule has 0 aliphatic rings. The minimum atomic E-state index is 0.742. The van der Waals surface area contributed by atoms with E-state index >= 15 is 0 Å². The van der Waals surface area contributed by atoms with Crippen molar-refractivity contribution >= 4 is 5.70 Å².